The van der Waals surface area contributed by atoms with Gasteiger partial charge in [-0.2, -0.15) is 0 Å². The fourth-order valence-electron chi connectivity index (χ4n) is 1.34. The SMILES string of the molecule is CC(C)(N)c1cn(-c2cc(F)ccc2Br)nn1. The first-order chi connectivity index (χ1) is 7.88. The maximum Gasteiger partial charge on any atom is 0.125 e. The van der Waals surface area contributed by atoms with Crippen LogP contribution in [0.5, 0.6) is 0 Å². The fourth-order valence-corrected chi connectivity index (χ4v) is 1.77. The van der Waals surface area contributed by atoms with Crippen LogP contribution in [-0.2, 0) is 5.54 Å². The van der Waals surface area contributed by atoms with E-state index in [-0.39, 0.29) is 5.82 Å². The number of benzene rings is 1. The van der Waals surface area contributed by atoms with Crippen LogP contribution < -0.4 is 5.73 Å². The zero-order valence-corrected chi connectivity index (χ0v) is 11.1. The molecular formula is C11H12BrFN4. The Morgan fingerprint density at radius 3 is 2.71 bits per heavy atom. The van der Waals surface area contributed by atoms with E-state index in [4.69, 9.17) is 5.73 Å². The molecule has 0 atom stereocenters. The van der Waals surface area contributed by atoms with Crippen molar-refractivity contribution < 1.29 is 4.39 Å². The standard InChI is InChI=1S/C11H12BrFN4/c1-11(2,14)10-6-17(16-15-10)9-5-7(13)3-4-8(9)12/h3-6H,14H2,1-2H3. The summed E-state index contributed by atoms with van der Waals surface area (Å²) in [6.45, 7) is 3.67. The number of nitrogens with zero attached hydrogens (tertiary/aromatic N) is 3. The summed E-state index contributed by atoms with van der Waals surface area (Å²) in [5.74, 6) is -0.327. The summed E-state index contributed by atoms with van der Waals surface area (Å²) in [5, 5.41) is 7.92. The Balaban J connectivity index is 2.47. The second-order valence-electron chi connectivity index (χ2n) is 4.37. The Labute approximate surface area is 107 Å². The molecule has 90 valence electrons. The summed E-state index contributed by atoms with van der Waals surface area (Å²) in [6, 6.07) is 4.38. The molecular weight excluding hydrogens is 287 g/mol. The molecule has 0 spiro atoms. The van der Waals surface area contributed by atoms with Gasteiger partial charge in [-0.15, -0.1) is 5.10 Å². The van der Waals surface area contributed by atoms with E-state index < -0.39 is 5.54 Å². The van der Waals surface area contributed by atoms with Crippen LogP contribution in [0.4, 0.5) is 4.39 Å². The quantitative estimate of drug-likeness (QED) is 0.926. The monoisotopic (exact) mass is 298 g/mol. The summed E-state index contributed by atoms with van der Waals surface area (Å²) >= 11 is 3.34. The highest BCUT2D eigenvalue weighted by Crippen LogP contribution is 2.22. The van der Waals surface area contributed by atoms with Crippen molar-refractivity contribution in [3.05, 3.63) is 40.4 Å². The van der Waals surface area contributed by atoms with Gasteiger partial charge in [0.25, 0.3) is 0 Å². The van der Waals surface area contributed by atoms with Crippen molar-refractivity contribution in [2.75, 3.05) is 0 Å². The van der Waals surface area contributed by atoms with Crippen molar-refractivity contribution in [3.63, 3.8) is 0 Å². The molecule has 0 radical (unpaired) electrons. The van der Waals surface area contributed by atoms with Gasteiger partial charge < -0.3 is 5.73 Å². The average Bonchev–Trinajstić information content (AvgIpc) is 2.70. The zero-order chi connectivity index (χ0) is 12.6. The Bertz CT molecular complexity index is 545. The number of hydrogen-bond acceptors (Lipinski definition) is 3. The van der Waals surface area contributed by atoms with E-state index in [1.807, 2.05) is 13.8 Å². The van der Waals surface area contributed by atoms with Crippen molar-refractivity contribution in [2.24, 2.45) is 5.73 Å². The van der Waals surface area contributed by atoms with Gasteiger partial charge in [-0.25, -0.2) is 9.07 Å². The fraction of sp³-hybridized carbons (Fsp3) is 0.273. The van der Waals surface area contributed by atoms with Crippen LogP contribution in [0.25, 0.3) is 5.69 Å². The lowest BCUT2D eigenvalue weighted by Gasteiger charge is -2.13. The lowest BCUT2D eigenvalue weighted by Crippen LogP contribution is -2.29. The number of hydrogen-bond donors (Lipinski definition) is 1. The molecule has 0 unspecified atom stereocenters. The average molecular weight is 299 g/mol. The second-order valence-corrected chi connectivity index (χ2v) is 5.22. The van der Waals surface area contributed by atoms with Gasteiger partial charge in [-0.3, -0.25) is 0 Å². The van der Waals surface area contributed by atoms with Crippen LogP contribution in [0.1, 0.15) is 19.5 Å². The Kier molecular flexibility index (Phi) is 3.01. The number of aromatic nitrogens is 3. The molecule has 2 N–H and O–H groups in total. The van der Waals surface area contributed by atoms with Crippen molar-refractivity contribution >= 4 is 15.9 Å². The number of halogens is 2. The lowest BCUT2D eigenvalue weighted by atomic mass is 10.0. The predicted octanol–water partition coefficient (Wildman–Crippen LogP) is 2.36. The van der Waals surface area contributed by atoms with Crippen LogP contribution >= 0.6 is 15.9 Å². The molecule has 0 amide bonds. The Hall–Kier alpha value is -1.27. The molecule has 2 rings (SSSR count). The second kappa shape index (κ2) is 4.19. The molecule has 1 heterocycles. The van der Waals surface area contributed by atoms with Crippen molar-refractivity contribution in [2.45, 2.75) is 19.4 Å². The zero-order valence-electron chi connectivity index (χ0n) is 9.48. The summed E-state index contributed by atoms with van der Waals surface area (Å²) < 4.78 is 15.4. The highest BCUT2D eigenvalue weighted by atomic mass is 79.9. The van der Waals surface area contributed by atoms with E-state index in [1.165, 1.54) is 16.8 Å². The molecule has 0 saturated carbocycles. The maximum absolute atomic E-state index is 13.2. The largest absolute Gasteiger partial charge is 0.320 e. The molecule has 6 heteroatoms. The highest BCUT2D eigenvalue weighted by Gasteiger charge is 2.19. The number of nitrogens with two attached hydrogens (primary N) is 1. The van der Waals surface area contributed by atoms with Crippen LogP contribution in [0, 0.1) is 5.82 Å². The van der Waals surface area contributed by atoms with Crippen LogP contribution in [-0.4, -0.2) is 15.0 Å². The molecule has 2 aromatic rings. The van der Waals surface area contributed by atoms with Gasteiger partial charge in [0, 0.05) is 10.5 Å². The van der Waals surface area contributed by atoms with Gasteiger partial charge >= 0.3 is 0 Å². The van der Waals surface area contributed by atoms with Crippen LogP contribution in [0.3, 0.4) is 0 Å². The van der Waals surface area contributed by atoms with Gasteiger partial charge in [0.2, 0.25) is 0 Å². The van der Waals surface area contributed by atoms with E-state index >= 15 is 0 Å². The van der Waals surface area contributed by atoms with Crippen molar-refractivity contribution in [1.29, 1.82) is 0 Å². The van der Waals surface area contributed by atoms with E-state index in [9.17, 15) is 4.39 Å². The third-order valence-corrected chi connectivity index (χ3v) is 2.98. The molecule has 0 fully saturated rings. The minimum Gasteiger partial charge on any atom is -0.320 e. The molecule has 0 aliphatic carbocycles. The molecule has 4 nitrogen and oxygen atoms in total. The predicted molar refractivity (Wildman–Crippen MR) is 66.2 cm³/mol. The topological polar surface area (TPSA) is 56.7 Å². The van der Waals surface area contributed by atoms with E-state index in [1.54, 1.807) is 12.3 Å². The first-order valence-corrected chi connectivity index (χ1v) is 5.84. The number of rotatable bonds is 2. The van der Waals surface area contributed by atoms with Gasteiger partial charge in [0.05, 0.1) is 17.4 Å². The van der Waals surface area contributed by atoms with Gasteiger partial charge in [0.1, 0.15) is 11.5 Å². The smallest absolute Gasteiger partial charge is 0.125 e. The van der Waals surface area contributed by atoms with E-state index in [0.717, 1.165) is 4.47 Å². The molecule has 0 saturated heterocycles. The summed E-state index contributed by atoms with van der Waals surface area (Å²) in [5.41, 5.74) is 6.58. The maximum atomic E-state index is 13.2. The minimum atomic E-state index is -0.571. The third-order valence-electron chi connectivity index (χ3n) is 2.31. The van der Waals surface area contributed by atoms with Gasteiger partial charge in [-0.05, 0) is 41.9 Å². The Morgan fingerprint density at radius 1 is 1.41 bits per heavy atom. The third kappa shape index (κ3) is 2.53. The molecule has 1 aromatic heterocycles. The summed E-state index contributed by atoms with van der Waals surface area (Å²) in [4.78, 5) is 0. The van der Waals surface area contributed by atoms with Gasteiger partial charge in [0.15, 0.2) is 0 Å². The first kappa shape index (κ1) is 12.2. The normalized spacial score (nSPS) is 11.8. The highest BCUT2D eigenvalue weighted by molar-refractivity contribution is 9.10. The van der Waals surface area contributed by atoms with Gasteiger partial charge in [-0.1, -0.05) is 5.21 Å². The molecule has 17 heavy (non-hydrogen) atoms. The first-order valence-electron chi connectivity index (χ1n) is 5.05. The lowest BCUT2D eigenvalue weighted by molar-refractivity contribution is 0.533. The van der Waals surface area contributed by atoms with Crippen LogP contribution in [0.2, 0.25) is 0 Å². The van der Waals surface area contributed by atoms with Crippen molar-refractivity contribution in [3.8, 4) is 5.69 Å². The molecule has 0 aliphatic heterocycles. The molecule has 1 aromatic carbocycles. The molecule has 0 bridgehead atoms. The molecule has 0 aliphatic rings. The van der Waals surface area contributed by atoms with Crippen molar-refractivity contribution in [1.82, 2.24) is 15.0 Å². The van der Waals surface area contributed by atoms with E-state index in [2.05, 4.69) is 26.2 Å². The van der Waals surface area contributed by atoms with Crippen LogP contribution in [0.15, 0.2) is 28.9 Å². The summed E-state index contributed by atoms with van der Waals surface area (Å²) in [7, 11) is 0. The van der Waals surface area contributed by atoms with E-state index in [0.29, 0.717) is 11.4 Å². The minimum absolute atomic E-state index is 0.327. The Morgan fingerprint density at radius 2 is 2.12 bits per heavy atom. The summed E-state index contributed by atoms with van der Waals surface area (Å²) in [6.07, 6.45) is 1.69.